The molecule has 102 valence electrons. The summed E-state index contributed by atoms with van der Waals surface area (Å²) in [5.41, 5.74) is -0.836. The number of hydrogen-bond donors (Lipinski definition) is 1. The zero-order chi connectivity index (χ0) is 14.5. The number of hydrogen-bond acceptors (Lipinski definition) is 4. The van der Waals surface area contributed by atoms with Crippen LogP contribution in [0.15, 0.2) is 23.1 Å². The molecule has 0 atom stereocenters. The molecule has 6 heteroatoms. The van der Waals surface area contributed by atoms with E-state index in [4.69, 9.17) is 10.00 Å². The fourth-order valence-electron chi connectivity index (χ4n) is 1.39. The largest absolute Gasteiger partial charge is 0.444 e. The molecule has 1 aromatic rings. The molecule has 0 aliphatic heterocycles. The van der Waals surface area contributed by atoms with E-state index in [2.05, 4.69) is 5.32 Å². The summed E-state index contributed by atoms with van der Waals surface area (Å²) in [6.07, 6.45) is 1.04. The average molecular weight is 263 g/mol. The lowest BCUT2D eigenvalue weighted by atomic mass is 10.2. The Morgan fingerprint density at radius 2 is 2.21 bits per heavy atom. The maximum absolute atomic E-state index is 11.7. The predicted molar refractivity (Wildman–Crippen MR) is 69.7 cm³/mol. The third-order valence-electron chi connectivity index (χ3n) is 2.16. The van der Waals surface area contributed by atoms with Crippen molar-refractivity contribution in [1.29, 1.82) is 5.26 Å². The number of ether oxygens (including phenoxy) is 1. The van der Waals surface area contributed by atoms with Crippen LogP contribution in [-0.2, 0) is 11.3 Å². The molecule has 0 aliphatic rings. The Bertz CT molecular complexity index is 549. The molecule has 0 aliphatic carbocycles. The molecule has 1 amide bonds. The summed E-state index contributed by atoms with van der Waals surface area (Å²) < 4.78 is 6.43. The van der Waals surface area contributed by atoms with Crippen LogP contribution in [0.25, 0.3) is 0 Å². The summed E-state index contributed by atoms with van der Waals surface area (Å²) in [6.45, 7) is 5.85. The van der Waals surface area contributed by atoms with Gasteiger partial charge in [-0.15, -0.1) is 0 Å². The number of nitriles is 1. The molecule has 1 rings (SSSR count). The normalized spacial score (nSPS) is 10.6. The van der Waals surface area contributed by atoms with Gasteiger partial charge in [0.1, 0.15) is 17.2 Å². The Kier molecular flexibility index (Phi) is 4.70. The third-order valence-corrected chi connectivity index (χ3v) is 2.16. The minimum Gasteiger partial charge on any atom is -0.444 e. The van der Waals surface area contributed by atoms with Crippen LogP contribution in [0.1, 0.15) is 26.3 Å². The van der Waals surface area contributed by atoms with Gasteiger partial charge < -0.3 is 14.6 Å². The first-order chi connectivity index (χ1) is 8.83. The first kappa shape index (κ1) is 14.8. The smallest absolute Gasteiger partial charge is 0.407 e. The fourth-order valence-corrected chi connectivity index (χ4v) is 1.39. The summed E-state index contributed by atoms with van der Waals surface area (Å²) >= 11 is 0. The van der Waals surface area contributed by atoms with Crippen LogP contribution in [0, 0.1) is 11.3 Å². The fraction of sp³-hybridized carbons (Fsp3) is 0.462. The van der Waals surface area contributed by atoms with E-state index in [1.165, 1.54) is 10.6 Å². The third kappa shape index (κ3) is 4.84. The highest BCUT2D eigenvalue weighted by Gasteiger charge is 2.15. The van der Waals surface area contributed by atoms with Crippen LogP contribution in [0.3, 0.4) is 0 Å². The highest BCUT2D eigenvalue weighted by molar-refractivity contribution is 5.67. The SMILES string of the molecule is CC(C)(C)OC(=O)NCCn1cccc(C#N)c1=O. The zero-order valence-corrected chi connectivity index (χ0v) is 11.3. The molecule has 0 spiro atoms. The van der Waals surface area contributed by atoms with Crippen molar-refractivity contribution in [3.63, 3.8) is 0 Å². The van der Waals surface area contributed by atoms with Crippen molar-refractivity contribution < 1.29 is 9.53 Å². The number of carbonyl (C=O) groups excluding carboxylic acids is 1. The van der Waals surface area contributed by atoms with E-state index in [9.17, 15) is 9.59 Å². The van der Waals surface area contributed by atoms with Crippen molar-refractivity contribution in [2.45, 2.75) is 32.9 Å². The maximum atomic E-state index is 11.7. The van der Waals surface area contributed by atoms with Crippen molar-refractivity contribution in [2.24, 2.45) is 0 Å². The van der Waals surface area contributed by atoms with Gasteiger partial charge >= 0.3 is 6.09 Å². The Labute approximate surface area is 111 Å². The Morgan fingerprint density at radius 1 is 1.53 bits per heavy atom. The molecule has 19 heavy (non-hydrogen) atoms. The lowest BCUT2D eigenvalue weighted by molar-refractivity contribution is 0.0526. The number of alkyl carbamates (subject to hydrolysis) is 1. The standard InChI is InChI=1S/C13H17N3O3/c1-13(2,3)19-12(18)15-6-8-16-7-4-5-10(9-14)11(16)17/h4-5,7H,6,8H2,1-3H3,(H,15,18). The van der Waals surface area contributed by atoms with Gasteiger partial charge in [0.2, 0.25) is 0 Å². The van der Waals surface area contributed by atoms with Gasteiger partial charge in [0, 0.05) is 19.3 Å². The van der Waals surface area contributed by atoms with Crippen LogP contribution in [0.4, 0.5) is 4.79 Å². The average Bonchev–Trinajstić information content (AvgIpc) is 2.29. The lowest BCUT2D eigenvalue weighted by Gasteiger charge is -2.19. The van der Waals surface area contributed by atoms with E-state index in [0.29, 0.717) is 0 Å². The van der Waals surface area contributed by atoms with Gasteiger partial charge in [0.25, 0.3) is 5.56 Å². The van der Waals surface area contributed by atoms with Gasteiger partial charge in [0.15, 0.2) is 0 Å². The van der Waals surface area contributed by atoms with E-state index >= 15 is 0 Å². The van der Waals surface area contributed by atoms with Crippen LogP contribution in [0.5, 0.6) is 0 Å². The molecular formula is C13H17N3O3. The summed E-state index contributed by atoms with van der Waals surface area (Å²) in [5, 5.41) is 11.3. The summed E-state index contributed by atoms with van der Waals surface area (Å²) in [6, 6.07) is 4.90. The number of carbonyl (C=O) groups is 1. The summed E-state index contributed by atoms with van der Waals surface area (Å²) in [5.74, 6) is 0. The molecule has 0 fully saturated rings. The number of aromatic nitrogens is 1. The van der Waals surface area contributed by atoms with Gasteiger partial charge in [0.05, 0.1) is 0 Å². The first-order valence-corrected chi connectivity index (χ1v) is 5.90. The van der Waals surface area contributed by atoms with E-state index in [1.807, 2.05) is 6.07 Å². The lowest BCUT2D eigenvalue weighted by Crippen LogP contribution is -2.35. The molecule has 6 nitrogen and oxygen atoms in total. The minimum atomic E-state index is -0.554. The molecule has 0 unspecified atom stereocenters. The van der Waals surface area contributed by atoms with Crippen molar-refractivity contribution in [3.05, 3.63) is 34.2 Å². The Balaban J connectivity index is 2.53. The molecule has 1 aromatic heterocycles. The van der Waals surface area contributed by atoms with Crippen LogP contribution >= 0.6 is 0 Å². The minimum absolute atomic E-state index is 0.0831. The molecule has 1 heterocycles. The Hall–Kier alpha value is -2.29. The molecule has 0 radical (unpaired) electrons. The van der Waals surface area contributed by atoms with E-state index < -0.39 is 11.7 Å². The molecule has 0 aromatic carbocycles. The highest BCUT2D eigenvalue weighted by atomic mass is 16.6. The first-order valence-electron chi connectivity index (χ1n) is 5.90. The van der Waals surface area contributed by atoms with Gasteiger partial charge in [-0.1, -0.05) is 0 Å². The number of amides is 1. The van der Waals surface area contributed by atoms with Crippen LogP contribution < -0.4 is 10.9 Å². The summed E-state index contributed by atoms with van der Waals surface area (Å²) in [4.78, 5) is 23.1. The second-order valence-electron chi connectivity index (χ2n) is 4.96. The van der Waals surface area contributed by atoms with Gasteiger partial charge in [-0.3, -0.25) is 4.79 Å². The molecular weight excluding hydrogens is 246 g/mol. The zero-order valence-electron chi connectivity index (χ0n) is 11.3. The summed E-state index contributed by atoms with van der Waals surface area (Å²) in [7, 11) is 0. The Morgan fingerprint density at radius 3 is 2.79 bits per heavy atom. The van der Waals surface area contributed by atoms with E-state index in [-0.39, 0.29) is 24.2 Å². The van der Waals surface area contributed by atoms with Gasteiger partial charge in [-0.25, -0.2) is 4.79 Å². The van der Waals surface area contributed by atoms with E-state index in [0.717, 1.165) is 0 Å². The molecule has 0 bridgehead atoms. The van der Waals surface area contributed by atoms with Gasteiger partial charge in [-0.05, 0) is 32.9 Å². The van der Waals surface area contributed by atoms with E-state index in [1.54, 1.807) is 33.0 Å². The number of nitrogens with one attached hydrogen (secondary N) is 1. The van der Waals surface area contributed by atoms with Crippen LogP contribution in [-0.4, -0.2) is 22.8 Å². The molecule has 1 N–H and O–H groups in total. The van der Waals surface area contributed by atoms with Crippen molar-refractivity contribution in [3.8, 4) is 6.07 Å². The number of rotatable bonds is 3. The monoisotopic (exact) mass is 263 g/mol. The second-order valence-corrected chi connectivity index (χ2v) is 4.96. The molecule has 0 saturated carbocycles. The van der Waals surface area contributed by atoms with Crippen molar-refractivity contribution in [2.75, 3.05) is 6.54 Å². The molecule has 0 saturated heterocycles. The van der Waals surface area contributed by atoms with Crippen molar-refractivity contribution >= 4 is 6.09 Å². The highest BCUT2D eigenvalue weighted by Crippen LogP contribution is 2.06. The topological polar surface area (TPSA) is 84.1 Å². The van der Waals surface area contributed by atoms with Gasteiger partial charge in [-0.2, -0.15) is 5.26 Å². The number of nitrogens with zero attached hydrogens (tertiary/aromatic N) is 2. The maximum Gasteiger partial charge on any atom is 0.407 e. The second kappa shape index (κ2) is 6.05. The number of pyridine rings is 1. The van der Waals surface area contributed by atoms with Crippen LogP contribution in [0.2, 0.25) is 0 Å². The van der Waals surface area contributed by atoms with Crippen molar-refractivity contribution in [1.82, 2.24) is 9.88 Å². The predicted octanol–water partition coefficient (Wildman–Crippen LogP) is 1.24. The quantitative estimate of drug-likeness (QED) is 0.889.